The van der Waals surface area contributed by atoms with E-state index in [1.54, 1.807) is 74.4 Å². The summed E-state index contributed by atoms with van der Waals surface area (Å²) >= 11 is 0. The van der Waals surface area contributed by atoms with E-state index in [1.807, 2.05) is 0 Å². The van der Waals surface area contributed by atoms with Gasteiger partial charge in [-0.05, 0) is 113 Å². The molecule has 0 radical (unpaired) electrons. The van der Waals surface area contributed by atoms with Crippen LogP contribution in [0.15, 0.2) is 220 Å². The zero-order valence-electron chi connectivity index (χ0n) is 42.5. The molecule has 2 aliphatic heterocycles. The Bertz CT molecular complexity index is 4650. The van der Waals surface area contributed by atoms with Crippen molar-refractivity contribution in [1.29, 1.82) is 0 Å². The van der Waals surface area contributed by atoms with Crippen molar-refractivity contribution < 1.29 is 21.1 Å². The van der Waals surface area contributed by atoms with Gasteiger partial charge in [-0.15, -0.1) is 22.1 Å². The normalized spacial score (nSPS) is 11.9. The Kier molecular flexibility index (Phi) is 10.5. The van der Waals surface area contributed by atoms with E-state index in [2.05, 4.69) is 146 Å². The van der Waals surface area contributed by atoms with Crippen LogP contribution in [0.25, 0.3) is 177 Å². The molecule has 14 aromatic rings. The topological polar surface area (TPSA) is 157 Å². The van der Waals surface area contributed by atoms with Crippen LogP contribution < -0.4 is 9.97 Å². The number of aromatic nitrogens is 12. The van der Waals surface area contributed by atoms with Gasteiger partial charge in [-0.2, -0.15) is 0 Å². The summed E-state index contributed by atoms with van der Waals surface area (Å²) in [7, 11) is 0. The maximum Gasteiger partial charge on any atom is 2.00 e. The average Bonchev–Trinajstić information content (AvgIpc) is 3.51. The Morgan fingerprint density at radius 2 is 0.481 bits per heavy atom. The van der Waals surface area contributed by atoms with Crippen LogP contribution in [0.3, 0.4) is 0 Å². The third kappa shape index (κ3) is 7.20. The van der Waals surface area contributed by atoms with Crippen molar-refractivity contribution in [2.45, 2.75) is 0 Å². The Balaban J connectivity index is 0.00000542. The van der Waals surface area contributed by atoms with Crippen molar-refractivity contribution in [2.75, 3.05) is 0 Å². The Morgan fingerprint density at radius 1 is 0.259 bits per heavy atom. The van der Waals surface area contributed by atoms with Crippen LogP contribution in [0.5, 0.6) is 0 Å². The fraction of sp³-hybridized carbons (Fsp3) is 0. The molecule has 0 N–H and O–H groups in total. The maximum atomic E-state index is 5.94. The monoisotopic (exact) mass is 1220 g/mol. The Morgan fingerprint density at radius 3 is 0.691 bits per heavy atom. The summed E-state index contributed by atoms with van der Waals surface area (Å²) in [5.74, 6) is 0. The van der Waals surface area contributed by atoms with Crippen LogP contribution in [-0.2, 0) is 21.1 Å². The van der Waals surface area contributed by atoms with Gasteiger partial charge >= 0.3 is 21.1 Å². The number of nitrogens with zero attached hydrogens (tertiary/aromatic N) is 12. The summed E-state index contributed by atoms with van der Waals surface area (Å²) in [5.41, 5.74) is 14.0. The molecular formula is C68H36N12Pt. The van der Waals surface area contributed by atoms with E-state index < -0.39 is 0 Å². The van der Waals surface area contributed by atoms with Gasteiger partial charge in [-0.25, -0.2) is 9.97 Å². The van der Waals surface area contributed by atoms with E-state index in [-0.39, 0.29) is 21.1 Å². The van der Waals surface area contributed by atoms with E-state index in [0.29, 0.717) is 89.9 Å². The summed E-state index contributed by atoms with van der Waals surface area (Å²) in [6, 6.07) is 51.5. The van der Waals surface area contributed by atoms with Crippen LogP contribution in [0.1, 0.15) is 0 Å². The van der Waals surface area contributed by atoms with E-state index in [9.17, 15) is 0 Å². The molecule has 8 bridgehead atoms. The molecule has 0 unspecified atom stereocenters. The molecule has 8 heterocycles. The van der Waals surface area contributed by atoms with Crippen LogP contribution in [0, 0.1) is 0 Å². The van der Waals surface area contributed by atoms with Crippen LogP contribution in [-0.4, -0.2) is 49.8 Å². The molecule has 12 nitrogen and oxygen atoms in total. The molecular weight excluding hydrogens is 1180 g/mol. The van der Waals surface area contributed by atoms with E-state index in [4.69, 9.17) is 59.8 Å². The number of hydrogen-bond acceptors (Lipinski definition) is 10. The first-order chi connectivity index (χ1) is 39.7. The summed E-state index contributed by atoms with van der Waals surface area (Å²) in [5, 5.41) is 11.9. The molecule has 17 rings (SSSR count). The minimum Gasteiger partial charge on any atom is -0.656 e. The first-order valence-electron chi connectivity index (χ1n) is 26.2. The number of fused-ring (bicyclic) bond motifs is 4. The molecule has 0 saturated heterocycles. The van der Waals surface area contributed by atoms with Crippen molar-refractivity contribution in [3.05, 3.63) is 220 Å². The maximum absolute atomic E-state index is 5.94. The second-order valence-electron chi connectivity index (χ2n) is 20.1. The van der Waals surface area contributed by atoms with Crippen molar-refractivity contribution >= 4 is 86.7 Å². The van der Waals surface area contributed by atoms with Gasteiger partial charge in [0.25, 0.3) is 0 Å². The minimum atomic E-state index is 0. The SMILES string of the molecule is [Pt+2].c1ccc2cc3c(cc2c1)-c1nc-3c(-c2cnccn2)c2[n-]c(c(-c3cnccn3)c3nc(c(-c4cnccn4)c4[n-]c(c1-c1cnccn1)c1cc5ccccc5cc41)-c1cc4ccccc4cc1-3)c1cc3ccccc3cc21. The van der Waals surface area contributed by atoms with Gasteiger partial charge < -0.3 is 9.97 Å². The standard InChI is InChI=1S/C68H36N12.Pt/c1-2-10-38-26-46-45(25-37(38)9-1)61-57(53-33-69-17-21-73-53)63-47-27-39-11-3-4-12-40(39)28-48(47)65(78-63)59(55-35-71-19-23-75-55)67-51-31-43-15-7-8-16-44(43)32-52(51)68(80-67)60(56-36-72-20-24-76-56)66-50-30-42-14-6-5-13-41(42)29-49(50)64(79-66)58(62(46)77-61)54-34-70-18-22-74-54;/h1-36H;/q-2;+2. The van der Waals surface area contributed by atoms with Crippen molar-refractivity contribution in [2.24, 2.45) is 0 Å². The molecule has 378 valence electrons. The fourth-order valence-corrected chi connectivity index (χ4v) is 12.1. The molecule has 0 saturated carbocycles. The molecule has 0 atom stereocenters. The molecule has 81 heavy (non-hydrogen) atoms. The third-order valence-corrected chi connectivity index (χ3v) is 15.7. The summed E-state index contributed by atoms with van der Waals surface area (Å²) in [6.07, 6.45) is 20.9. The summed E-state index contributed by atoms with van der Waals surface area (Å²) < 4.78 is 0. The predicted molar refractivity (Wildman–Crippen MR) is 317 cm³/mol. The van der Waals surface area contributed by atoms with E-state index in [0.717, 1.165) is 86.9 Å². The van der Waals surface area contributed by atoms with Crippen molar-refractivity contribution in [1.82, 2.24) is 59.8 Å². The predicted octanol–water partition coefficient (Wildman–Crippen LogP) is 15.0. The summed E-state index contributed by atoms with van der Waals surface area (Å²) in [6.45, 7) is 0. The molecule has 0 amide bonds. The molecule has 3 aliphatic rings. The second kappa shape index (κ2) is 18.3. The van der Waals surface area contributed by atoms with Gasteiger partial charge in [0.15, 0.2) is 0 Å². The van der Waals surface area contributed by atoms with Gasteiger partial charge in [0, 0.05) is 94.1 Å². The fourth-order valence-electron chi connectivity index (χ4n) is 12.1. The van der Waals surface area contributed by atoms with Crippen molar-refractivity contribution in [3.8, 4) is 90.1 Å². The third-order valence-electron chi connectivity index (χ3n) is 15.7. The Hall–Kier alpha value is -10.6. The zero-order chi connectivity index (χ0) is 52.4. The quantitative estimate of drug-likeness (QED) is 0.165. The van der Waals surface area contributed by atoms with E-state index >= 15 is 0 Å². The molecule has 1 aliphatic carbocycles. The minimum absolute atomic E-state index is 0. The van der Waals surface area contributed by atoms with Crippen LogP contribution in [0.2, 0.25) is 0 Å². The van der Waals surface area contributed by atoms with E-state index in [1.165, 1.54) is 0 Å². The van der Waals surface area contributed by atoms with Crippen LogP contribution >= 0.6 is 0 Å². The van der Waals surface area contributed by atoms with Gasteiger partial charge in [-0.3, -0.25) is 39.9 Å². The molecule has 6 aromatic heterocycles. The zero-order valence-corrected chi connectivity index (χ0v) is 44.7. The molecule has 13 heteroatoms. The van der Waals surface area contributed by atoms with Gasteiger partial charge in [0.05, 0.1) is 70.3 Å². The van der Waals surface area contributed by atoms with Gasteiger partial charge in [0.2, 0.25) is 0 Å². The first kappa shape index (κ1) is 46.5. The number of hydrogen-bond donors (Lipinski definition) is 0. The van der Waals surface area contributed by atoms with Crippen molar-refractivity contribution in [3.63, 3.8) is 0 Å². The molecule has 8 aromatic carbocycles. The molecule has 0 spiro atoms. The summed E-state index contributed by atoms with van der Waals surface area (Å²) in [4.78, 5) is 63.1. The number of rotatable bonds is 4. The van der Waals surface area contributed by atoms with Gasteiger partial charge in [-0.1, -0.05) is 97.1 Å². The van der Waals surface area contributed by atoms with Gasteiger partial charge in [0.1, 0.15) is 0 Å². The Labute approximate surface area is 474 Å². The molecule has 0 fully saturated rings. The van der Waals surface area contributed by atoms with Crippen LogP contribution in [0.4, 0.5) is 0 Å². The first-order valence-corrected chi connectivity index (χ1v) is 26.2. The smallest absolute Gasteiger partial charge is 0.656 e. The average molecular weight is 1220 g/mol. The number of benzene rings is 8. The largest absolute Gasteiger partial charge is 2.00 e. The second-order valence-corrected chi connectivity index (χ2v) is 20.1.